The molecule has 0 radical (unpaired) electrons. The number of carbonyl (C=O) groups is 1. The summed E-state index contributed by atoms with van der Waals surface area (Å²) in [6.07, 6.45) is -4.41. The van der Waals surface area contributed by atoms with Crippen LogP contribution in [0.4, 0.5) is 13.2 Å². The maximum absolute atomic E-state index is 12.9. The van der Waals surface area contributed by atoms with Crippen LogP contribution in [0, 0.1) is 6.92 Å². The number of Topliss-reactive ketones (excluding diaryl/α,β-unsaturated/α-hetero) is 1. The van der Waals surface area contributed by atoms with Crippen molar-refractivity contribution in [3.05, 3.63) is 64.7 Å². The highest BCUT2D eigenvalue weighted by atomic mass is 19.4. The van der Waals surface area contributed by atoms with Gasteiger partial charge in [-0.3, -0.25) is 4.79 Å². The summed E-state index contributed by atoms with van der Waals surface area (Å²) >= 11 is 0. The molecule has 2 aromatic rings. The standard InChI is InChI=1S/C17H15F3O2/c1-11-9-14(7-8-15(11)12(2)21)22-10-13-5-3-4-6-16(13)17(18,19)20/h3-9H,10H2,1-2H3. The highest BCUT2D eigenvalue weighted by Crippen LogP contribution is 2.32. The number of alkyl halides is 3. The van der Waals surface area contributed by atoms with Gasteiger partial charge >= 0.3 is 6.18 Å². The summed E-state index contributed by atoms with van der Waals surface area (Å²) in [4.78, 5) is 11.3. The second-order valence-corrected chi connectivity index (χ2v) is 4.98. The van der Waals surface area contributed by atoms with Crippen LogP contribution in [0.2, 0.25) is 0 Å². The number of ketones is 1. The fourth-order valence-electron chi connectivity index (χ4n) is 2.20. The summed E-state index contributed by atoms with van der Waals surface area (Å²) in [6.45, 7) is 3.03. The Morgan fingerprint density at radius 3 is 2.41 bits per heavy atom. The third kappa shape index (κ3) is 3.67. The number of halogens is 3. The monoisotopic (exact) mass is 308 g/mol. The quantitative estimate of drug-likeness (QED) is 0.759. The molecule has 116 valence electrons. The van der Waals surface area contributed by atoms with Crippen molar-refractivity contribution in [2.75, 3.05) is 0 Å². The van der Waals surface area contributed by atoms with E-state index in [4.69, 9.17) is 4.74 Å². The summed E-state index contributed by atoms with van der Waals surface area (Å²) in [5.74, 6) is 0.367. The third-order valence-corrected chi connectivity index (χ3v) is 3.29. The van der Waals surface area contributed by atoms with Crippen LogP contribution in [-0.4, -0.2) is 5.78 Å². The highest BCUT2D eigenvalue weighted by molar-refractivity contribution is 5.95. The number of rotatable bonds is 4. The summed E-state index contributed by atoms with van der Waals surface area (Å²) in [5, 5.41) is 0. The van der Waals surface area contributed by atoms with Crippen LogP contribution in [-0.2, 0) is 12.8 Å². The summed E-state index contributed by atoms with van der Waals surface area (Å²) in [6, 6.07) is 10.1. The molecule has 22 heavy (non-hydrogen) atoms. The highest BCUT2D eigenvalue weighted by Gasteiger charge is 2.32. The molecule has 0 heterocycles. The molecule has 2 aromatic carbocycles. The first kappa shape index (κ1) is 16.1. The molecular formula is C17H15F3O2. The number of hydrogen-bond donors (Lipinski definition) is 0. The van der Waals surface area contributed by atoms with Crippen LogP contribution in [0.1, 0.15) is 34.0 Å². The zero-order chi connectivity index (χ0) is 16.3. The molecular weight excluding hydrogens is 293 g/mol. The minimum absolute atomic E-state index is 0.0635. The van der Waals surface area contributed by atoms with Gasteiger partial charge in [0.1, 0.15) is 12.4 Å². The lowest BCUT2D eigenvalue weighted by Gasteiger charge is -2.14. The second-order valence-electron chi connectivity index (χ2n) is 4.98. The molecule has 0 fully saturated rings. The lowest BCUT2D eigenvalue weighted by molar-refractivity contribution is -0.138. The van der Waals surface area contributed by atoms with Gasteiger partial charge in [0.2, 0.25) is 0 Å². The molecule has 0 spiro atoms. The number of benzene rings is 2. The zero-order valence-corrected chi connectivity index (χ0v) is 12.2. The van der Waals surface area contributed by atoms with E-state index in [1.54, 1.807) is 25.1 Å². The van der Waals surface area contributed by atoms with Gasteiger partial charge in [-0.25, -0.2) is 0 Å². The molecule has 0 unspecified atom stereocenters. The van der Waals surface area contributed by atoms with E-state index >= 15 is 0 Å². The Morgan fingerprint density at radius 2 is 1.82 bits per heavy atom. The van der Waals surface area contributed by atoms with Gasteiger partial charge in [-0.2, -0.15) is 13.2 Å². The Kier molecular flexibility index (Phi) is 4.54. The van der Waals surface area contributed by atoms with Crippen molar-refractivity contribution in [2.24, 2.45) is 0 Å². The molecule has 0 aliphatic carbocycles. The van der Waals surface area contributed by atoms with Crippen molar-refractivity contribution < 1.29 is 22.7 Å². The van der Waals surface area contributed by atoms with Crippen LogP contribution >= 0.6 is 0 Å². The molecule has 0 amide bonds. The normalized spacial score (nSPS) is 11.3. The zero-order valence-electron chi connectivity index (χ0n) is 12.2. The molecule has 2 rings (SSSR count). The van der Waals surface area contributed by atoms with E-state index in [1.807, 2.05) is 0 Å². The van der Waals surface area contributed by atoms with Gasteiger partial charge < -0.3 is 4.74 Å². The van der Waals surface area contributed by atoms with Crippen molar-refractivity contribution in [1.82, 2.24) is 0 Å². The van der Waals surface area contributed by atoms with E-state index < -0.39 is 11.7 Å². The van der Waals surface area contributed by atoms with Crippen molar-refractivity contribution in [3.63, 3.8) is 0 Å². The van der Waals surface area contributed by atoms with Gasteiger partial charge in [0.25, 0.3) is 0 Å². The fourth-order valence-corrected chi connectivity index (χ4v) is 2.20. The molecule has 0 saturated carbocycles. The van der Waals surface area contributed by atoms with Crippen molar-refractivity contribution in [2.45, 2.75) is 26.6 Å². The third-order valence-electron chi connectivity index (χ3n) is 3.29. The van der Waals surface area contributed by atoms with Crippen LogP contribution in [0.3, 0.4) is 0 Å². The Balaban J connectivity index is 2.18. The summed E-state index contributed by atoms with van der Waals surface area (Å²) in [5.41, 5.74) is 0.674. The second kappa shape index (κ2) is 6.22. The average molecular weight is 308 g/mol. The van der Waals surface area contributed by atoms with Gasteiger partial charge in [0.15, 0.2) is 5.78 Å². The van der Waals surface area contributed by atoms with Crippen molar-refractivity contribution >= 4 is 5.78 Å². The predicted octanol–water partition coefficient (Wildman–Crippen LogP) is 4.80. The van der Waals surface area contributed by atoms with Gasteiger partial charge in [-0.05, 0) is 43.7 Å². The average Bonchev–Trinajstić information content (AvgIpc) is 2.44. The van der Waals surface area contributed by atoms with Gasteiger partial charge in [0, 0.05) is 11.1 Å². The molecule has 0 aliphatic heterocycles. The summed E-state index contributed by atoms with van der Waals surface area (Å²) in [7, 11) is 0. The number of ether oxygens (including phenoxy) is 1. The Hall–Kier alpha value is -2.30. The van der Waals surface area contributed by atoms with Crippen LogP contribution in [0.25, 0.3) is 0 Å². The van der Waals surface area contributed by atoms with E-state index in [-0.39, 0.29) is 18.0 Å². The first-order chi connectivity index (χ1) is 10.3. The van der Waals surface area contributed by atoms with Crippen molar-refractivity contribution in [3.8, 4) is 5.75 Å². The SMILES string of the molecule is CC(=O)c1ccc(OCc2ccccc2C(F)(F)F)cc1C. The molecule has 5 heteroatoms. The molecule has 0 aromatic heterocycles. The van der Waals surface area contributed by atoms with Crippen molar-refractivity contribution in [1.29, 1.82) is 0 Å². The van der Waals surface area contributed by atoms with E-state index in [1.165, 1.54) is 25.1 Å². The van der Waals surface area contributed by atoms with E-state index in [0.717, 1.165) is 11.6 Å². The molecule has 0 aliphatic rings. The van der Waals surface area contributed by atoms with Gasteiger partial charge in [-0.15, -0.1) is 0 Å². The first-order valence-electron chi connectivity index (χ1n) is 6.68. The number of carbonyl (C=O) groups excluding carboxylic acids is 1. The lowest BCUT2D eigenvalue weighted by Crippen LogP contribution is -2.10. The largest absolute Gasteiger partial charge is 0.489 e. The summed E-state index contributed by atoms with van der Waals surface area (Å²) < 4.78 is 44.1. The maximum Gasteiger partial charge on any atom is 0.416 e. The molecule has 0 bridgehead atoms. The fraction of sp³-hybridized carbons (Fsp3) is 0.235. The Morgan fingerprint density at radius 1 is 1.14 bits per heavy atom. The number of hydrogen-bond acceptors (Lipinski definition) is 2. The number of aryl methyl sites for hydroxylation is 1. The van der Waals surface area contributed by atoms with E-state index in [2.05, 4.69) is 0 Å². The topological polar surface area (TPSA) is 26.3 Å². The van der Waals surface area contributed by atoms with Crippen LogP contribution in [0.15, 0.2) is 42.5 Å². The minimum atomic E-state index is -4.41. The lowest BCUT2D eigenvalue weighted by atomic mass is 10.1. The van der Waals surface area contributed by atoms with Crippen LogP contribution < -0.4 is 4.74 Å². The molecule has 0 saturated heterocycles. The molecule has 0 atom stereocenters. The van der Waals surface area contributed by atoms with E-state index in [9.17, 15) is 18.0 Å². The maximum atomic E-state index is 12.9. The minimum Gasteiger partial charge on any atom is -0.489 e. The Labute approximate surface area is 126 Å². The van der Waals surface area contributed by atoms with Gasteiger partial charge in [-0.1, -0.05) is 18.2 Å². The first-order valence-corrected chi connectivity index (χ1v) is 6.68. The van der Waals surface area contributed by atoms with Gasteiger partial charge in [0.05, 0.1) is 5.56 Å². The molecule has 2 nitrogen and oxygen atoms in total. The smallest absolute Gasteiger partial charge is 0.416 e. The van der Waals surface area contributed by atoms with E-state index in [0.29, 0.717) is 11.3 Å². The van der Waals surface area contributed by atoms with Crippen LogP contribution in [0.5, 0.6) is 5.75 Å². The predicted molar refractivity (Wildman–Crippen MR) is 77.0 cm³/mol. The Bertz CT molecular complexity index is 691. The molecule has 0 N–H and O–H groups in total.